The van der Waals surface area contributed by atoms with Gasteiger partial charge in [0.15, 0.2) is 5.11 Å². The first-order valence-corrected chi connectivity index (χ1v) is 11.0. The van der Waals surface area contributed by atoms with Crippen molar-refractivity contribution in [3.8, 4) is 17.1 Å². The van der Waals surface area contributed by atoms with E-state index in [1.807, 2.05) is 65.6 Å². The molecule has 1 fully saturated rings. The molecule has 2 aromatic heterocycles. The second-order valence-electron chi connectivity index (χ2n) is 7.76. The fourth-order valence-electron chi connectivity index (χ4n) is 4.20. The summed E-state index contributed by atoms with van der Waals surface area (Å²) in [5, 5.41) is 13.3. The number of methoxy groups -OCH3 is 1. The number of aromatic carboxylic acids is 1. The van der Waals surface area contributed by atoms with Crippen LogP contribution in [0.2, 0.25) is 0 Å². The SMILES string of the molecule is COc1ccccc1N1C(=S)N[C@H](c2ccccn2)[C@H]1c1ccc(-c2cccc(C(=O)O)c2)o1. The Morgan fingerprint density at radius 2 is 1.91 bits per heavy atom. The maximum absolute atomic E-state index is 11.4. The van der Waals surface area contributed by atoms with Gasteiger partial charge in [0.25, 0.3) is 0 Å². The number of carboxylic acids is 1. The molecule has 8 heteroatoms. The van der Waals surface area contributed by atoms with Crippen LogP contribution >= 0.6 is 12.2 Å². The molecule has 0 unspecified atom stereocenters. The smallest absolute Gasteiger partial charge is 0.335 e. The van der Waals surface area contributed by atoms with Crippen molar-refractivity contribution in [1.82, 2.24) is 10.3 Å². The molecule has 3 heterocycles. The molecule has 0 saturated carbocycles. The minimum atomic E-state index is -0.989. The molecule has 0 radical (unpaired) electrons. The van der Waals surface area contributed by atoms with Crippen molar-refractivity contribution >= 4 is 29.0 Å². The Morgan fingerprint density at radius 1 is 1.09 bits per heavy atom. The predicted octanol–water partition coefficient (Wildman–Crippen LogP) is 5.23. The third-order valence-electron chi connectivity index (χ3n) is 5.76. The van der Waals surface area contributed by atoms with Gasteiger partial charge >= 0.3 is 5.97 Å². The van der Waals surface area contributed by atoms with Crippen LogP contribution in [0.4, 0.5) is 5.69 Å². The van der Waals surface area contributed by atoms with E-state index in [9.17, 15) is 9.90 Å². The van der Waals surface area contributed by atoms with Gasteiger partial charge in [0.05, 0.1) is 30.1 Å². The quantitative estimate of drug-likeness (QED) is 0.370. The first-order valence-electron chi connectivity index (χ1n) is 10.6. The summed E-state index contributed by atoms with van der Waals surface area (Å²) >= 11 is 5.75. The van der Waals surface area contributed by atoms with Gasteiger partial charge in [-0.15, -0.1) is 0 Å². The van der Waals surface area contributed by atoms with Crippen LogP contribution in [0.25, 0.3) is 11.3 Å². The van der Waals surface area contributed by atoms with Gasteiger partial charge in [-0.25, -0.2) is 4.79 Å². The number of aromatic nitrogens is 1. The number of hydrogen-bond donors (Lipinski definition) is 2. The molecular weight excluding hydrogens is 450 g/mol. The Bertz CT molecular complexity index is 1350. The second-order valence-corrected chi connectivity index (χ2v) is 8.14. The van der Waals surface area contributed by atoms with Crippen molar-refractivity contribution in [2.24, 2.45) is 0 Å². The molecule has 0 amide bonds. The Labute approximate surface area is 201 Å². The van der Waals surface area contributed by atoms with Crippen molar-refractivity contribution in [3.05, 3.63) is 102 Å². The van der Waals surface area contributed by atoms with Gasteiger partial charge in [-0.1, -0.05) is 30.3 Å². The Kier molecular flexibility index (Phi) is 5.73. The summed E-state index contributed by atoms with van der Waals surface area (Å²) in [5.41, 5.74) is 2.49. The minimum Gasteiger partial charge on any atom is -0.495 e. The zero-order valence-corrected chi connectivity index (χ0v) is 19.0. The van der Waals surface area contributed by atoms with Gasteiger partial charge in [-0.05, 0) is 60.7 Å². The van der Waals surface area contributed by atoms with E-state index in [4.69, 9.17) is 21.4 Å². The maximum atomic E-state index is 11.4. The maximum Gasteiger partial charge on any atom is 0.335 e. The van der Waals surface area contributed by atoms with Crippen molar-refractivity contribution in [1.29, 1.82) is 0 Å². The third-order valence-corrected chi connectivity index (χ3v) is 6.07. The summed E-state index contributed by atoms with van der Waals surface area (Å²) in [7, 11) is 1.62. The zero-order chi connectivity index (χ0) is 23.7. The van der Waals surface area contributed by atoms with Gasteiger partial charge in [-0.3, -0.25) is 4.98 Å². The van der Waals surface area contributed by atoms with Gasteiger partial charge in [0, 0.05) is 11.8 Å². The number of thiocarbonyl (C=S) groups is 1. The van der Waals surface area contributed by atoms with Crippen molar-refractivity contribution < 1.29 is 19.1 Å². The van der Waals surface area contributed by atoms with Crippen LogP contribution in [0.1, 0.15) is 33.9 Å². The first kappa shape index (κ1) is 21.7. The van der Waals surface area contributed by atoms with Crippen LogP contribution < -0.4 is 15.0 Å². The summed E-state index contributed by atoms with van der Waals surface area (Å²) < 4.78 is 11.9. The number of furan rings is 1. The van der Waals surface area contributed by atoms with Crippen LogP contribution in [0.3, 0.4) is 0 Å². The second kappa shape index (κ2) is 8.99. The van der Waals surface area contributed by atoms with Crippen molar-refractivity contribution in [2.45, 2.75) is 12.1 Å². The Balaban J connectivity index is 1.61. The van der Waals surface area contributed by atoms with Gasteiger partial charge in [-0.2, -0.15) is 0 Å². The largest absolute Gasteiger partial charge is 0.495 e. The molecule has 0 spiro atoms. The summed E-state index contributed by atoms with van der Waals surface area (Å²) in [5.74, 6) is 0.913. The number of nitrogens with zero attached hydrogens (tertiary/aromatic N) is 2. The summed E-state index contributed by atoms with van der Waals surface area (Å²) in [4.78, 5) is 17.9. The fourth-order valence-corrected chi connectivity index (χ4v) is 4.54. The van der Waals surface area contributed by atoms with E-state index in [0.29, 0.717) is 27.9 Å². The third kappa shape index (κ3) is 3.88. The summed E-state index contributed by atoms with van der Waals surface area (Å²) in [6.07, 6.45) is 1.74. The molecule has 1 aliphatic rings. The molecule has 1 aliphatic heterocycles. The van der Waals surface area contributed by atoms with Crippen LogP contribution in [0.5, 0.6) is 5.75 Å². The molecule has 170 valence electrons. The summed E-state index contributed by atoms with van der Waals surface area (Å²) in [6.45, 7) is 0. The molecule has 0 bridgehead atoms. The number of carboxylic acid groups (broad SMARTS) is 1. The van der Waals surface area contributed by atoms with Gasteiger partial charge in [0.1, 0.15) is 23.3 Å². The number of carbonyl (C=O) groups is 1. The van der Waals surface area contributed by atoms with Gasteiger partial charge in [0.2, 0.25) is 0 Å². The Morgan fingerprint density at radius 3 is 2.68 bits per heavy atom. The highest BCUT2D eigenvalue weighted by Gasteiger charge is 2.43. The molecule has 4 aromatic rings. The molecule has 2 N–H and O–H groups in total. The monoisotopic (exact) mass is 471 g/mol. The van der Waals surface area contributed by atoms with E-state index in [1.54, 1.807) is 31.5 Å². The van der Waals surface area contributed by atoms with E-state index < -0.39 is 5.97 Å². The standard InChI is InChI=1S/C26H21N3O4S/c1-32-21-11-3-2-10-19(21)29-24(23(28-26(29)34)18-9-4-5-14-27-18)22-13-12-20(33-22)16-7-6-8-17(15-16)25(30)31/h2-15,23-24H,1H3,(H,28,34)(H,30,31)/t23-,24-/m1/s1. The first-order chi connectivity index (χ1) is 16.6. The fraction of sp³-hybridized carbons (Fsp3) is 0.115. The lowest BCUT2D eigenvalue weighted by atomic mass is 10.0. The van der Waals surface area contributed by atoms with E-state index in [-0.39, 0.29) is 17.6 Å². The van der Waals surface area contributed by atoms with Crippen LogP contribution in [0, 0.1) is 0 Å². The van der Waals surface area contributed by atoms with E-state index in [1.165, 1.54) is 0 Å². The molecule has 2 aromatic carbocycles. The number of nitrogens with one attached hydrogen (secondary N) is 1. The lowest BCUT2D eigenvalue weighted by Gasteiger charge is -2.27. The van der Waals surface area contributed by atoms with Crippen LogP contribution in [-0.4, -0.2) is 28.3 Å². The summed E-state index contributed by atoms with van der Waals surface area (Å²) in [6, 6.07) is 23.2. The topological polar surface area (TPSA) is 87.8 Å². The number of rotatable bonds is 6. The molecular formula is C26H21N3O4S. The normalized spacial score (nSPS) is 17.4. The lowest BCUT2D eigenvalue weighted by molar-refractivity contribution is 0.0697. The molecule has 1 saturated heterocycles. The van der Waals surface area contributed by atoms with Crippen LogP contribution in [0.15, 0.2) is 89.5 Å². The molecule has 34 heavy (non-hydrogen) atoms. The number of para-hydroxylation sites is 2. The number of benzene rings is 2. The predicted molar refractivity (Wildman–Crippen MR) is 132 cm³/mol. The number of ether oxygens (including phenoxy) is 1. The van der Waals surface area contributed by atoms with Crippen LogP contribution in [-0.2, 0) is 0 Å². The molecule has 5 rings (SSSR count). The number of anilines is 1. The minimum absolute atomic E-state index is 0.196. The zero-order valence-electron chi connectivity index (χ0n) is 18.2. The van der Waals surface area contributed by atoms with Gasteiger partial charge < -0.3 is 24.5 Å². The highest BCUT2D eigenvalue weighted by Crippen LogP contribution is 2.45. The highest BCUT2D eigenvalue weighted by atomic mass is 32.1. The number of pyridine rings is 1. The molecule has 2 atom stereocenters. The average molecular weight is 472 g/mol. The van der Waals surface area contributed by atoms with E-state index in [0.717, 1.165) is 11.4 Å². The van der Waals surface area contributed by atoms with Crippen molar-refractivity contribution in [2.75, 3.05) is 12.0 Å². The highest BCUT2D eigenvalue weighted by molar-refractivity contribution is 7.80. The van der Waals surface area contributed by atoms with E-state index >= 15 is 0 Å². The van der Waals surface area contributed by atoms with Crippen molar-refractivity contribution in [3.63, 3.8) is 0 Å². The number of hydrogen-bond acceptors (Lipinski definition) is 5. The van der Waals surface area contributed by atoms with E-state index in [2.05, 4.69) is 10.3 Å². The Hall–Kier alpha value is -4.17. The molecule has 7 nitrogen and oxygen atoms in total. The molecule has 0 aliphatic carbocycles. The average Bonchev–Trinajstić information content (AvgIpc) is 3.49. The lowest BCUT2D eigenvalue weighted by Crippen LogP contribution is -2.29.